The molecular weight excluding hydrogens is 266 g/mol. The Hall–Kier alpha value is -1.40. The molecule has 0 atom stereocenters. The number of carbonyl (C=O) groups excluding carboxylic acids is 1. The Balaban J connectivity index is 2.82. The van der Waals surface area contributed by atoms with Crippen LogP contribution in [0.25, 0.3) is 0 Å². The Morgan fingerprint density at radius 2 is 1.95 bits per heavy atom. The molecule has 0 amide bonds. The SMILES string of the molecule is Cc1ccc(C)c(S(=O)(=O)NCC(=O)OC(C)C)c1. The Labute approximate surface area is 114 Å². The molecule has 0 radical (unpaired) electrons. The molecule has 6 heteroatoms. The van der Waals surface area contributed by atoms with Crippen molar-refractivity contribution in [3.8, 4) is 0 Å². The summed E-state index contributed by atoms with van der Waals surface area (Å²) in [5.74, 6) is -0.594. The van der Waals surface area contributed by atoms with Gasteiger partial charge in [-0.1, -0.05) is 12.1 Å². The normalized spacial score (nSPS) is 11.6. The van der Waals surface area contributed by atoms with Crippen molar-refractivity contribution < 1.29 is 17.9 Å². The zero-order valence-electron chi connectivity index (χ0n) is 11.6. The molecule has 1 N–H and O–H groups in total. The van der Waals surface area contributed by atoms with Crippen molar-refractivity contribution in [2.45, 2.75) is 38.7 Å². The van der Waals surface area contributed by atoms with Crippen LogP contribution >= 0.6 is 0 Å². The van der Waals surface area contributed by atoms with E-state index in [-0.39, 0.29) is 17.5 Å². The zero-order valence-corrected chi connectivity index (χ0v) is 12.4. The number of sulfonamides is 1. The van der Waals surface area contributed by atoms with Crippen LogP contribution in [0.2, 0.25) is 0 Å². The molecule has 1 aromatic carbocycles. The third kappa shape index (κ3) is 4.65. The van der Waals surface area contributed by atoms with Gasteiger partial charge in [-0.2, -0.15) is 4.72 Å². The highest BCUT2D eigenvalue weighted by Crippen LogP contribution is 2.16. The maximum atomic E-state index is 12.1. The summed E-state index contributed by atoms with van der Waals surface area (Å²) in [5.41, 5.74) is 1.48. The summed E-state index contributed by atoms with van der Waals surface area (Å²) < 4.78 is 31.3. The first kappa shape index (κ1) is 15.7. The summed E-state index contributed by atoms with van der Waals surface area (Å²) in [6.07, 6.45) is -0.266. The number of aryl methyl sites for hydroxylation is 2. The highest BCUT2D eigenvalue weighted by molar-refractivity contribution is 7.89. The molecule has 0 saturated heterocycles. The van der Waals surface area contributed by atoms with Crippen LogP contribution in [0.15, 0.2) is 23.1 Å². The number of ether oxygens (including phenoxy) is 1. The monoisotopic (exact) mass is 285 g/mol. The van der Waals surface area contributed by atoms with Crippen LogP contribution in [0.1, 0.15) is 25.0 Å². The summed E-state index contributed by atoms with van der Waals surface area (Å²) in [6, 6.07) is 5.14. The fourth-order valence-electron chi connectivity index (χ4n) is 1.53. The van der Waals surface area contributed by atoms with E-state index in [0.717, 1.165) is 5.56 Å². The second kappa shape index (κ2) is 6.16. The second-order valence-electron chi connectivity index (χ2n) is 4.63. The Morgan fingerprint density at radius 1 is 1.32 bits per heavy atom. The van der Waals surface area contributed by atoms with Gasteiger partial charge in [-0.25, -0.2) is 8.42 Å². The van der Waals surface area contributed by atoms with E-state index >= 15 is 0 Å². The Kier molecular flexibility index (Phi) is 5.08. The molecule has 0 spiro atoms. The lowest BCUT2D eigenvalue weighted by atomic mass is 10.2. The van der Waals surface area contributed by atoms with Crippen LogP contribution in [0.3, 0.4) is 0 Å². The van der Waals surface area contributed by atoms with Gasteiger partial charge >= 0.3 is 5.97 Å². The third-order valence-electron chi connectivity index (χ3n) is 2.41. The van der Waals surface area contributed by atoms with Gasteiger partial charge in [0.05, 0.1) is 11.0 Å². The third-order valence-corrected chi connectivity index (χ3v) is 3.95. The van der Waals surface area contributed by atoms with Crippen LogP contribution in [-0.4, -0.2) is 27.0 Å². The summed E-state index contributed by atoms with van der Waals surface area (Å²) in [6.45, 7) is 6.56. The van der Waals surface area contributed by atoms with Gasteiger partial charge in [-0.05, 0) is 44.9 Å². The van der Waals surface area contributed by atoms with Crippen molar-refractivity contribution >= 4 is 16.0 Å². The van der Waals surface area contributed by atoms with Crippen LogP contribution in [0.5, 0.6) is 0 Å². The number of hydrogen-bond acceptors (Lipinski definition) is 4. The van der Waals surface area contributed by atoms with Gasteiger partial charge in [0.25, 0.3) is 0 Å². The van der Waals surface area contributed by atoms with Gasteiger partial charge in [0.15, 0.2) is 0 Å². The van der Waals surface area contributed by atoms with E-state index in [4.69, 9.17) is 4.74 Å². The van der Waals surface area contributed by atoms with Gasteiger partial charge in [-0.3, -0.25) is 4.79 Å². The maximum Gasteiger partial charge on any atom is 0.321 e. The largest absolute Gasteiger partial charge is 0.462 e. The lowest BCUT2D eigenvalue weighted by Crippen LogP contribution is -2.32. The molecule has 1 aromatic rings. The highest BCUT2D eigenvalue weighted by atomic mass is 32.2. The van der Waals surface area contributed by atoms with Crippen molar-refractivity contribution in [2.75, 3.05) is 6.54 Å². The zero-order chi connectivity index (χ0) is 14.6. The topological polar surface area (TPSA) is 72.5 Å². The number of nitrogens with one attached hydrogen (secondary N) is 1. The summed E-state index contributed by atoms with van der Waals surface area (Å²) >= 11 is 0. The molecule has 0 heterocycles. The number of esters is 1. The Morgan fingerprint density at radius 3 is 2.53 bits per heavy atom. The summed E-state index contributed by atoms with van der Waals surface area (Å²) in [4.78, 5) is 11.5. The second-order valence-corrected chi connectivity index (χ2v) is 6.37. The van der Waals surface area contributed by atoms with E-state index in [9.17, 15) is 13.2 Å². The average Bonchev–Trinajstić information content (AvgIpc) is 2.29. The van der Waals surface area contributed by atoms with Crippen molar-refractivity contribution in [1.29, 1.82) is 0 Å². The molecular formula is C13H19NO4S. The molecule has 0 aromatic heterocycles. The molecule has 0 aliphatic rings. The fraction of sp³-hybridized carbons (Fsp3) is 0.462. The quantitative estimate of drug-likeness (QED) is 0.833. The minimum absolute atomic E-state index is 0.185. The predicted molar refractivity (Wildman–Crippen MR) is 72.3 cm³/mol. The van der Waals surface area contributed by atoms with E-state index in [1.165, 1.54) is 0 Å². The molecule has 5 nitrogen and oxygen atoms in total. The molecule has 0 unspecified atom stereocenters. The van der Waals surface area contributed by atoms with Crippen LogP contribution in [-0.2, 0) is 19.6 Å². The highest BCUT2D eigenvalue weighted by Gasteiger charge is 2.18. The van der Waals surface area contributed by atoms with Crippen LogP contribution in [0, 0.1) is 13.8 Å². The van der Waals surface area contributed by atoms with E-state index in [2.05, 4.69) is 4.72 Å². The van der Waals surface area contributed by atoms with Crippen molar-refractivity contribution in [2.24, 2.45) is 0 Å². The first-order valence-electron chi connectivity index (χ1n) is 5.99. The van der Waals surface area contributed by atoms with Gasteiger partial charge in [0, 0.05) is 0 Å². The van der Waals surface area contributed by atoms with E-state index in [1.807, 2.05) is 13.0 Å². The first-order chi connectivity index (χ1) is 8.72. The van der Waals surface area contributed by atoms with E-state index in [1.54, 1.807) is 32.9 Å². The molecule has 0 saturated carbocycles. The number of hydrogen-bond donors (Lipinski definition) is 1. The van der Waals surface area contributed by atoms with E-state index in [0.29, 0.717) is 5.56 Å². The van der Waals surface area contributed by atoms with Gasteiger partial charge in [-0.15, -0.1) is 0 Å². The minimum Gasteiger partial charge on any atom is -0.462 e. The van der Waals surface area contributed by atoms with Gasteiger partial charge in [0.1, 0.15) is 6.54 Å². The molecule has 0 bridgehead atoms. The van der Waals surface area contributed by atoms with Crippen molar-refractivity contribution in [3.05, 3.63) is 29.3 Å². The number of carbonyl (C=O) groups is 1. The van der Waals surface area contributed by atoms with Crippen LogP contribution in [0.4, 0.5) is 0 Å². The van der Waals surface area contributed by atoms with Crippen molar-refractivity contribution in [1.82, 2.24) is 4.72 Å². The van der Waals surface area contributed by atoms with Crippen molar-refractivity contribution in [3.63, 3.8) is 0 Å². The first-order valence-corrected chi connectivity index (χ1v) is 7.47. The molecule has 0 aliphatic carbocycles. The number of benzene rings is 1. The lowest BCUT2D eigenvalue weighted by Gasteiger charge is -2.11. The average molecular weight is 285 g/mol. The smallest absolute Gasteiger partial charge is 0.321 e. The summed E-state index contributed by atoms with van der Waals surface area (Å²) in [7, 11) is -3.70. The molecule has 0 fully saturated rings. The van der Waals surface area contributed by atoms with Crippen LogP contribution < -0.4 is 4.72 Å². The lowest BCUT2D eigenvalue weighted by molar-refractivity contribution is -0.145. The fourth-order valence-corrected chi connectivity index (χ4v) is 2.83. The molecule has 1 rings (SSSR count). The standard InChI is InChI=1S/C13H19NO4S/c1-9(2)18-13(15)8-14-19(16,17)12-7-10(3)5-6-11(12)4/h5-7,9,14H,8H2,1-4H3. The summed E-state index contributed by atoms with van der Waals surface area (Å²) in [5, 5.41) is 0. The maximum absolute atomic E-state index is 12.1. The minimum atomic E-state index is -3.70. The number of rotatable bonds is 5. The van der Waals surface area contributed by atoms with E-state index < -0.39 is 16.0 Å². The Bertz CT molecular complexity index is 564. The predicted octanol–water partition coefficient (Wildman–Crippen LogP) is 1.53. The molecule has 19 heavy (non-hydrogen) atoms. The van der Waals surface area contributed by atoms with Gasteiger partial charge < -0.3 is 4.74 Å². The van der Waals surface area contributed by atoms with Gasteiger partial charge in [0.2, 0.25) is 10.0 Å². The molecule has 0 aliphatic heterocycles. The molecule has 106 valence electrons.